The van der Waals surface area contributed by atoms with Gasteiger partial charge in [0.2, 0.25) is 0 Å². The molecule has 3 N–H and O–H groups in total. The molecular formula is C20H32ClN3O+2. The molecule has 0 radical (unpaired) electrons. The number of quaternary nitrogens is 2. The van der Waals surface area contributed by atoms with Crippen molar-refractivity contribution in [2.75, 3.05) is 32.7 Å². The van der Waals surface area contributed by atoms with E-state index in [1.165, 1.54) is 29.7 Å². The molecule has 3 rings (SSSR count). The van der Waals surface area contributed by atoms with E-state index in [2.05, 4.69) is 24.4 Å². The van der Waals surface area contributed by atoms with E-state index in [9.17, 15) is 4.79 Å². The van der Waals surface area contributed by atoms with Gasteiger partial charge in [0.15, 0.2) is 6.54 Å². The standard InChI is InChI=1S/C20H30ClN3O/c1-16-5-2-3-8-19(16)22-20(25)15-24-11-9-23(10-12-24)14-17-6-4-7-18(21)13-17/h4,6-7,13,16,19H,2-3,5,8-12,14-15H2,1H3,(H,22,25)/p+2/t16-,19+/m1/s1. The first-order valence-corrected chi connectivity index (χ1v) is 10.2. The maximum atomic E-state index is 12.4. The Balaban J connectivity index is 1.39. The van der Waals surface area contributed by atoms with Crippen LogP contribution >= 0.6 is 11.6 Å². The first kappa shape index (κ1) is 18.7. The van der Waals surface area contributed by atoms with Crippen molar-refractivity contribution in [1.82, 2.24) is 5.32 Å². The molecule has 2 aliphatic rings. The summed E-state index contributed by atoms with van der Waals surface area (Å²) < 4.78 is 0. The summed E-state index contributed by atoms with van der Waals surface area (Å²) in [6.07, 6.45) is 4.98. The molecule has 138 valence electrons. The van der Waals surface area contributed by atoms with E-state index in [0.29, 0.717) is 18.5 Å². The number of amides is 1. The minimum absolute atomic E-state index is 0.243. The number of piperazine rings is 1. The summed E-state index contributed by atoms with van der Waals surface area (Å²) in [5, 5.41) is 4.11. The second-order valence-corrected chi connectivity index (χ2v) is 8.36. The van der Waals surface area contributed by atoms with E-state index in [1.807, 2.05) is 12.1 Å². The number of hydrogen-bond donors (Lipinski definition) is 3. The summed E-state index contributed by atoms with van der Waals surface area (Å²) >= 11 is 6.08. The molecule has 5 heteroatoms. The zero-order valence-electron chi connectivity index (χ0n) is 15.3. The number of halogens is 1. The number of carbonyl (C=O) groups excluding carboxylic acids is 1. The lowest BCUT2D eigenvalue weighted by Crippen LogP contribution is -3.28. The van der Waals surface area contributed by atoms with Crippen molar-refractivity contribution in [2.45, 2.75) is 45.2 Å². The van der Waals surface area contributed by atoms with Crippen molar-refractivity contribution in [2.24, 2.45) is 5.92 Å². The molecule has 1 aromatic rings. The van der Waals surface area contributed by atoms with E-state index in [-0.39, 0.29) is 5.91 Å². The van der Waals surface area contributed by atoms with E-state index >= 15 is 0 Å². The first-order valence-electron chi connectivity index (χ1n) is 9.81. The lowest BCUT2D eigenvalue weighted by atomic mass is 9.86. The van der Waals surface area contributed by atoms with Crippen molar-refractivity contribution >= 4 is 17.5 Å². The molecule has 1 aliphatic carbocycles. The quantitative estimate of drug-likeness (QED) is 0.690. The molecule has 25 heavy (non-hydrogen) atoms. The lowest BCUT2D eigenvalue weighted by molar-refractivity contribution is -1.02. The van der Waals surface area contributed by atoms with Crippen LogP contribution in [0.5, 0.6) is 0 Å². The van der Waals surface area contributed by atoms with Gasteiger partial charge in [0.1, 0.15) is 32.7 Å². The van der Waals surface area contributed by atoms with Gasteiger partial charge in [-0.15, -0.1) is 0 Å². The van der Waals surface area contributed by atoms with E-state index < -0.39 is 0 Å². The van der Waals surface area contributed by atoms with Crippen LogP contribution in [0.4, 0.5) is 0 Å². The highest BCUT2D eigenvalue weighted by Gasteiger charge is 2.27. The Morgan fingerprint density at radius 1 is 1.16 bits per heavy atom. The fourth-order valence-electron chi connectivity index (χ4n) is 4.26. The molecule has 1 saturated heterocycles. The largest absolute Gasteiger partial charge is 0.348 e. The Morgan fingerprint density at radius 3 is 2.60 bits per heavy atom. The maximum absolute atomic E-state index is 12.4. The van der Waals surface area contributed by atoms with Crippen LogP contribution in [-0.2, 0) is 11.3 Å². The third-order valence-electron chi connectivity index (χ3n) is 5.88. The van der Waals surface area contributed by atoms with Crippen LogP contribution in [-0.4, -0.2) is 44.7 Å². The SMILES string of the molecule is C[C@@H]1CCCC[C@@H]1NC(=O)C[NH+]1CC[NH+](Cc2cccc(Cl)c2)CC1. The Labute approximate surface area is 156 Å². The normalized spacial score (nSPS) is 30.0. The van der Waals surface area contributed by atoms with Crippen LogP contribution in [0.1, 0.15) is 38.2 Å². The molecule has 1 amide bonds. The van der Waals surface area contributed by atoms with E-state index in [0.717, 1.165) is 44.2 Å². The summed E-state index contributed by atoms with van der Waals surface area (Å²) in [4.78, 5) is 15.4. The summed E-state index contributed by atoms with van der Waals surface area (Å²) in [6.45, 7) is 8.32. The Morgan fingerprint density at radius 2 is 1.88 bits per heavy atom. The van der Waals surface area contributed by atoms with Gasteiger partial charge >= 0.3 is 0 Å². The topological polar surface area (TPSA) is 38.0 Å². The second-order valence-electron chi connectivity index (χ2n) is 7.92. The number of nitrogens with one attached hydrogen (secondary N) is 3. The molecule has 1 heterocycles. The van der Waals surface area contributed by atoms with Crippen LogP contribution in [0.3, 0.4) is 0 Å². The van der Waals surface area contributed by atoms with Crippen LogP contribution in [0, 0.1) is 5.92 Å². The van der Waals surface area contributed by atoms with Gasteiger partial charge in [0.25, 0.3) is 5.91 Å². The predicted molar refractivity (Wildman–Crippen MR) is 101 cm³/mol. The predicted octanol–water partition coefficient (Wildman–Crippen LogP) is 0.318. The molecule has 1 aromatic carbocycles. The number of benzene rings is 1. The minimum Gasteiger partial charge on any atom is -0.348 e. The van der Waals surface area contributed by atoms with Crippen molar-refractivity contribution in [3.05, 3.63) is 34.9 Å². The third kappa shape index (κ3) is 5.70. The third-order valence-corrected chi connectivity index (χ3v) is 6.11. The average molecular weight is 366 g/mol. The molecule has 1 saturated carbocycles. The Hall–Kier alpha value is -1.10. The zero-order valence-corrected chi connectivity index (χ0v) is 16.1. The zero-order chi connectivity index (χ0) is 17.6. The summed E-state index contributed by atoms with van der Waals surface area (Å²) in [5.41, 5.74) is 1.30. The summed E-state index contributed by atoms with van der Waals surface area (Å²) in [6, 6.07) is 8.56. The fourth-order valence-corrected chi connectivity index (χ4v) is 4.47. The van der Waals surface area contributed by atoms with Gasteiger partial charge in [-0.3, -0.25) is 4.79 Å². The summed E-state index contributed by atoms with van der Waals surface area (Å²) in [7, 11) is 0. The Kier molecular flexibility index (Phi) is 6.74. The van der Waals surface area contributed by atoms with Crippen molar-refractivity contribution in [3.63, 3.8) is 0 Å². The van der Waals surface area contributed by atoms with Crippen molar-refractivity contribution < 1.29 is 14.6 Å². The second kappa shape index (κ2) is 9.02. The fraction of sp³-hybridized carbons (Fsp3) is 0.650. The van der Waals surface area contributed by atoms with Crippen LogP contribution in [0.15, 0.2) is 24.3 Å². The molecule has 0 aromatic heterocycles. The monoisotopic (exact) mass is 365 g/mol. The highest BCUT2D eigenvalue weighted by Crippen LogP contribution is 2.23. The Bertz CT molecular complexity index is 572. The highest BCUT2D eigenvalue weighted by molar-refractivity contribution is 6.30. The molecule has 4 nitrogen and oxygen atoms in total. The van der Waals surface area contributed by atoms with E-state index in [4.69, 9.17) is 11.6 Å². The molecule has 0 bridgehead atoms. The van der Waals surface area contributed by atoms with Crippen LogP contribution < -0.4 is 15.1 Å². The van der Waals surface area contributed by atoms with Gasteiger partial charge in [-0.2, -0.15) is 0 Å². The molecule has 0 unspecified atom stereocenters. The van der Waals surface area contributed by atoms with Crippen molar-refractivity contribution in [1.29, 1.82) is 0 Å². The molecule has 2 fully saturated rings. The molecule has 1 aliphatic heterocycles. The van der Waals surface area contributed by atoms with Crippen LogP contribution in [0.2, 0.25) is 5.02 Å². The van der Waals surface area contributed by atoms with Crippen LogP contribution in [0.25, 0.3) is 0 Å². The first-order chi connectivity index (χ1) is 12.1. The molecule has 0 spiro atoms. The molecule has 2 atom stereocenters. The average Bonchev–Trinajstić information content (AvgIpc) is 2.59. The number of hydrogen-bond acceptors (Lipinski definition) is 1. The van der Waals surface area contributed by atoms with E-state index in [1.54, 1.807) is 4.90 Å². The number of rotatable bonds is 5. The lowest BCUT2D eigenvalue weighted by Gasteiger charge is -2.32. The highest BCUT2D eigenvalue weighted by atomic mass is 35.5. The minimum atomic E-state index is 0.243. The molecular weight excluding hydrogens is 334 g/mol. The van der Waals surface area contributed by atoms with Gasteiger partial charge in [-0.25, -0.2) is 0 Å². The van der Waals surface area contributed by atoms with Gasteiger partial charge in [-0.1, -0.05) is 43.5 Å². The number of carbonyl (C=O) groups is 1. The van der Waals surface area contributed by atoms with Gasteiger partial charge in [-0.05, 0) is 30.9 Å². The maximum Gasteiger partial charge on any atom is 0.275 e. The van der Waals surface area contributed by atoms with Gasteiger partial charge in [0, 0.05) is 16.6 Å². The van der Waals surface area contributed by atoms with Gasteiger partial charge in [0.05, 0.1) is 0 Å². The van der Waals surface area contributed by atoms with Gasteiger partial charge < -0.3 is 15.1 Å². The summed E-state index contributed by atoms with van der Waals surface area (Å²) in [5.74, 6) is 0.874. The van der Waals surface area contributed by atoms with Crippen molar-refractivity contribution in [3.8, 4) is 0 Å². The smallest absolute Gasteiger partial charge is 0.275 e.